The number of hydrogen-bond acceptors (Lipinski definition) is 4. The van der Waals surface area contributed by atoms with Gasteiger partial charge < -0.3 is 10.1 Å². The molecule has 2 rings (SSSR count). The molecule has 0 aliphatic carbocycles. The minimum Gasteiger partial charge on any atom is -0.340 e. The third-order valence-electron chi connectivity index (χ3n) is 4.41. The van der Waals surface area contributed by atoms with Crippen LogP contribution >= 0.6 is 0 Å². The fourth-order valence-corrected chi connectivity index (χ4v) is 3.14. The molecule has 1 heterocycles. The summed E-state index contributed by atoms with van der Waals surface area (Å²) in [6, 6.07) is 8.17. The Hall–Kier alpha value is -1.26. The van der Waals surface area contributed by atoms with Crippen molar-refractivity contribution >= 4 is 11.4 Å². The standard InChI is InChI=1S/C17H28N2O2/c1-5-7-10-14(6-2)13-17(20-3)18-15-11-8-9-12-16(15)19(17)21-4/h8-9,11-12,14,18H,5-7,10,13H2,1-4H3. The van der Waals surface area contributed by atoms with Crippen LogP contribution in [0.3, 0.4) is 0 Å². The first-order valence-corrected chi connectivity index (χ1v) is 7.97. The molecule has 0 aromatic heterocycles. The molecule has 0 fully saturated rings. The monoisotopic (exact) mass is 292 g/mol. The van der Waals surface area contributed by atoms with E-state index in [1.807, 2.05) is 17.2 Å². The topological polar surface area (TPSA) is 33.7 Å². The number of hydroxylamine groups is 1. The van der Waals surface area contributed by atoms with E-state index in [1.165, 1.54) is 19.3 Å². The number of ether oxygens (including phenoxy) is 1. The zero-order chi connectivity index (χ0) is 15.3. The van der Waals surface area contributed by atoms with Gasteiger partial charge in [0.05, 0.1) is 18.5 Å². The molecular formula is C17H28N2O2. The first kappa shape index (κ1) is 16.1. The Morgan fingerprint density at radius 3 is 2.62 bits per heavy atom. The molecule has 0 saturated heterocycles. The van der Waals surface area contributed by atoms with E-state index in [-0.39, 0.29) is 0 Å². The maximum absolute atomic E-state index is 5.89. The minimum atomic E-state index is -0.604. The maximum Gasteiger partial charge on any atom is 0.242 e. The van der Waals surface area contributed by atoms with Crippen LogP contribution in [0.15, 0.2) is 24.3 Å². The second-order valence-corrected chi connectivity index (χ2v) is 5.73. The van der Waals surface area contributed by atoms with Gasteiger partial charge in [-0.1, -0.05) is 51.7 Å². The molecule has 1 aromatic rings. The van der Waals surface area contributed by atoms with E-state index in [9.17, 15) is 0 Å². The Labute approximate surface area is 128 Å². The molecule has 0 amide bonds. The number of unbranched alkanes of at least 4 members (excludes halogenated alkanes) is 1. The molecule has 2 unspecified atom stereocenters. The lowest BCUT2D eigenvalue weighted by atomic mass is 9.93. The van der Waals surface area contributed by atoms with Gasteiger partial charge in [-0.25, -0.2) is 5.06 Å². The van der Waals surface area contributed by atoms with E-state index < -0.39 is 5.85 Å². The predicted molar refractivity (Wildman–Crippen MR) is 87.2 cm³/mol. The number of benzene rings is 1. The van der Waals surface area contributed by atoms with E-state index in [4.69, 9.17) is 9.57 Å². The molecule has 118 valence electrons. The van der Waals surface area contributed by atoms with Crippen LogP contribution in [0.2, 0.25) is 0 Å². The number of methoxy groups -OCH3 is 1. The molecule has 0 bridgehead atoms. The van der Waals surface area contributed by atoms with Gasteiger partial charge >= 0.3 is 0 Å². The summed E-state index contributed by atoms with van der Waals surface area (Å²) >= 11 is 0. The normalized spacial score (nSPS) is 22.0. The van der Waals surface area contributed by atoms with Gasteiger partial charge in [0, 0.05) is 13.5 Å². The summed E-state index contributed by atoms with van der Waals surface area (Å²) in [5.41, 5.74) is 2.10. The van der Waals surface area contributed by atoms with Crippen LogP contribution in [0.4, 0.5) is 11.4 Å². The van der Waals surface area contributed by atoms with Crippen molar-refractivity contribution in [2.75, 3.05) is 24.6 Å². The molecule has 0 saturated carbocycles. The predicted octanol–water partition coefficient (Wildman–Crippen LogP) is 4.39. The molecule has 1 aliphatic rings. The van der Waals surface area contributed by atoms with Gasteiger partial charge in [-0.2, -0.15) is 0 Å². The van der Waals surface area contributed by atoms with Crippen LogP contribution in [-0.2, 0) is 9.57 Å². The second-order valence-electron chi connectivity index (χ2n) is 5.73. The van der Waals surface area contributed by atoms with E-state index in [1.54, 1.807) is 14.2 Å². The second kappa shape index (κ2) is 7.14. The Morgan fingerprint density at radius 2 is 2.00 bits per heavy atom. The molecule has 0 radical (unpaired) electrons. The van der Waals surface area contributed by atoms with Gasteiger partial charge in [-0.15, -0.1) is 0 Å². The summed E-state index contributed by atoms with van der Waals surface area (Å²) in [6.45, 7) is 4.49. The largest absolute Gasteiger partial charge is 0.340 e. The van der Waals surface area contributed by atoms with Gasteiger partial charge in [0.1, 0.15) is 0 Å². The van der Waals surface area contributed by atoms with Crippen molar-refractivity contribution in [3.63, 3.8) is 0 Å². The van der Waals surface area contributed by atoms with E-state index in [0.717, 1.165) is 24.2 Å². The quantitative estimate of drug-likeness (QED) is 0.770. The van der Waals surface area contributed by atoms with E-state index in [0.29, 0.717) is 5.92 Å². The number of hydrogen-bond donors (Lipinski definition) is 1. The average molecular weight is 292 g/mol. The van der Waals surface area contributed by atoms with Crippen molar-refractivity contribution in [2.24, 2.45) is 5.92 Å². The molecule has 1 N–H and O–H groups in total. The SMILES string of the molecule is CCCCC(CC)CC1(OC)Nc2ccccc2N1OC. The number of anilines is 2. The lowest BCUT2D eigenvalue weighted by Crippen LogP contribution is -2.53. The summed E-state index contributed by atoms with van der Waals surface area (Å²) in [5, 5.41) is 5.39. The highest BCUT2D eigenvalue weighted by molar-refractivity contribution is 5.75. The highest BCUT2D eigenvalue weighted by Gasteiger charge is 2.46. The molecule has 2 atom stereocenters. The third-order valence-corrected chi connectivity index (χ3v) is 4.41. The van der Waals surface area contributed by atoms with Crippen LogP contribution < -0.4 is 10.4 Å². The van der Waals surface area contributed by atoms with Crippen molar-refractivity contribution in [3.05, 3.63) is 24.3 Å². The van der Waals surface area contributed by atoms with Crippen LogP contribution in [0, 0.1) is 5.92 Å². The summed E-state index contributed by atoms with van der Waals surface area (Å²) in [7, 11) is 3.45. The molecule has 0 spiro atoms. The smallest absolute Gasteiger partial charge is 0.242 e. The Balaban J connectivity index is 2.21. The molecule has 1 aliphatic heterocycles. The number of fused-ring (bicyclic) bond motifs is 1. The molecule has 4 nitrogen and oxygen atoms in total. The van der Waals surface area contributed by atoms with Crippen LogP contribution in [0.25, 0.3) is 0 Å². The van der Waals surface area contributed by atoms with Crippen LogP contribution in [0.1, 0.15) is 46.0 Å². The van der Waals surface area contributed by atoms with Crippen molar-refractivity contribution in [1.29, 1.82) is 0 Å². The summed E-state index contributed by atoms with van der Waals surface area (Å²) < 4.78 is 5.89. The minimum absolute atomic E-state index is 0.604. The molecular weight excluding hydrogens is 264 g/mol. The Morgan fingerprint density at radius 1 is 1.24 bits per heavy atom. The highest BCUT2D eigenvalue weighted by Crippen LogP contribution is 2.43. The highest BCUT2D eigenvalue weighted by atomic mass is 16.7. The fraction of sp³-hybridized carbons (Fsp3) is 0.647. The third kappa shape index (κ3) is 3.16. The average Bonchev–Trinajstić information content (AvgIpc) is 2.84. The van der Waals surface area contributed by atoms with Crippen LogP contribution in [0.5, 0.6) is 0 Å². The van der Waals surface area contributed by atoms with Crippen molar-refractivity contribution in [3.8, 4) is 0 Å². The van der Waals surface area contributed by atoms with Crippen molar-refractivity contribution in [2.45, 2.75) is 51.8 Å². The zero-order valence-electron chi connectivity index (χ0n) is 13.7. The van der Waals surface area contributed by atoms with E-state index >= 15 is 0 Å². The van der Waals surface area contributed by atoms with Gasteiger partial charge in [0.25, 0.3) is 0 Å². The van der Waals surface area contributed by atoms with Crippen molar-refractivity contribution in [1.82, 2.24) is 0 Å². The van der Waals surface area contributed by atoms with Crippen molar-refractivity contribution < 1.29 is 9.57 Å². The van der Waals surface area contributed by atoms with Gasteiger partial charge in [0.2, 0.25) is 5.85 Å². The lowest BCUT2D eigenvalue weighted by molar-refractivity contribution is -0.0734. The van der Waals surface area contributed by atoms with Gasteiger partial charge in [-0.3, -0.25) is 4.84 Å². The molecule has 1 aromatic carbocycles. The Bertz CT molecular complexity index is 452. The van der Waals surface area contributed by atoms with Crippen LogP contribution in [-0.4, -0.2) is 20.1 Å². The van der Waals surface area contributed by atoms with Gasteiger partial charge in [0.15, 0.2) is 0 Å². The fourth-order valence-electron chi connectivity index (χ4n) is 3.14. The summed E-state index contributed by atoms with van der Waals surface area (Å²) in [4.78, 5) is 5.64. The zero-order valence-corrected chi connectivity index (χ0v) is 13.7. The Kier molecular flexibility index (Phi) is 5.48. The summed E-state index contributed by atoms with van der Waals surface area (Å²) in [5.74, 6) is 0.0108. The van der Waals surface area contributed by atoms with E-state index in [2.05, 4.69) is 31.3 Å². The summed E-state index contributed by atoms with van der Waals surface area (Å²) in [6.07, 6.45) is 5.78. The number of nitrogens with one attached hydrogen (secondary N) is 1. The lowest BCUT2D eigenvalue weighted by Gasteiger charge is -2.38. The number of para-hydroxylation sites is 2. The first-order valence-electron chi connectivity index (χ1n) is 7.97. The maximum atomic E-state index is 5.89. The molecule has 4 heteroatoms. The number of rotatable bonds is 8. The number of nitrogens with zero attached hydrogens (tertiary/aromatic N) is 1. The van der Waals surface area contributed by atoms with Gasteiger partial charge in [-0.05, 0) is 18.1 Å². The first-order chi connectivity index (χ1) is 10.2. The molecule has 21 heavy (non-hydrogen) atoms.